The molecule has 0 radical (unpaired) electrons. The van der Waals surface area contributed by atoms with Gasteiger partial charge in [0, 0.05) is 64.5 Å². The number of β-amino-alcohol motifs (C(OH)–C–C–N with tert-alkyl or cyclic N) is 1. The molecule has 3 heterocycles. The first kappa shape index (κ1) is 23.1. The maximum Gasteiger partial charge on any atom is 0.254 e. The Morgan fingerprint density at radius 2 is 1.42 bits per heavy atom. The molecule has 1 aromatic carbocycles. The lowest BCUT2D eigenvalue weighted by Crippen LogP contribution is -2.49. The summed E-state index contributed by atoms with van der Waals surface area (Å²) in [6.07, 6.45) is 0. The van der Waals surface area contributed by atoms with Crippen LogP contribution in [0.2, 0.25) is 0 Å². The lowest BCUT2D eigenvalue weighted by atomic mass is 10.1. The number of aliphatic hydroxyl groups is 1. The highest BCUT2D eigenvalue weighted by Crippen LogP contribution is 2.28. The van der Waals surface area contributed by atoms with Crippen molar-refractivity contribution in [3.05, 3.63) is 35.9 Å². The van der Waals surface area contributed by atoms with Gasteiger partial charge in [0.1, 0.15) is 0 Å². The number of piperazine rings is 2. The Kier molecular flexibility index (Phi) is 7.46. The van der Waals surface area contributed by atoms with Gasteiger partial charge in [0.05, 0.1) is 20.8 Å². The SMILES string of the molecule is COc1ccc(C(=O)N2CCN(c3ccc(N4CCN(CCO)CC4)nn3)CC2)cc1OC. The van der Waals surface area contributed by atoms with E-state index in [2.05, 4.69) is 24.9 Å². The van der Waals surface area contributed by atoms with Crippen molar-refractivity contribution in [2.75, 3.05) is 89.5 Å². The molecule has 1 amide bonds. The van der Waals surface area contributed by atoms with Crippen LogP contribution >= 0.6 is 0 Å². The molecule has 1 N–H and O–H groups in total. The van der Waals surface area contributed by atoms with E-state index in [-0.39, 0.29) is 12.5 Å². The van der Waals surface area contributed by atoms with Crippen LogP contribution in [0.3, 0.4) is 0 Å². The van der Waals surface area contributed by atoms with Crippen LogP contribution in [0.25, 0.3) is 0 Å². The lowest BCUT2D eigenvalue weighted by molar-refractivity contribution is 0.0746. The second-order valence-corrected chi connectivity index (χ2v) is 8.15. The summed E-state index contributed by atoms with van der Waals surface area (Å²) in [6.45, 7) is 7.14. The zero-order chi connectivity index (χ0) is 23.2. The van der Waals surface area contributed by atoms with Crippen LogP contribution in [-0.4, -0.2) is 111 Å². The van der Waals surface area contributed by atoms with Gasteiger partial charge in [0.15, 0.2) is 23.1 Å². The number of amides is 1. The largest absolute Gasteiger partial charge is 0.493 e. The fourth-order valence-electron chi connectivity index (χ4n) is 4.29. The molecule has 2 aliphatic rings. The molecule has 2 saturated heterocycles. The van der Waals surface area contributed by atoms with Crippen LogP contribution in [0.15, 0.2) is 30.3 Å². The smallest absolute Gasteiger partial charge is 0.254 e. The highest BCUT2D eigenvalue weighted by Gasteiger charge is 2.24. The first-order chi connectivity index (χ1) is 16.1. The predicted molar refractivity (Wildman–Crippen MR) is 125 cm³/mol. The Bertz CT molecular complexity index is 925. The number of ether oxygens (including phenoxy) is 2. The molecule has 1 aromatic heterocycles. The van der Waals surface area contributed by atoms with Crippen molar-refractivity contribution in [2.24, 2.45) is 0 Å². The van der Waals surface area contributed by atoms with Gasteiger partial charge in [0.25, 0.3) is 5.91 Å². The second kappa shape index (κ2) is 10.7. The summed E-state index contributed by atoms with van der Waals surface area (Å²) in [6, 6.07) is 9.27. The Hall–Kier alpha value is -3.11. The molecule has 0 bridgehead atoms. The number of carbonyl (C=O) groups excluding carboxylic acids is 1. The van der Waals surface area contributed by atoms with E-state index < -0.39 is 0 Å². The van der Waals surface area contributed by atoms with Crippen molar-refractivity contribution in [2.45, 2.75) is 0 Å². The normalized spacial score (nSPS) is 17.2. The molecule has 2 aliphatic heterocycles. The van der Waals surface area contributed by atoms with Gasteiger partial charge >= 0.3 is 0 Å². The summed E-state index contributed by atoms with van der Waals surface area (Å²) in [5.41, 5.74) is 0.587. The van der Waals surface area contributed by atoms with Gasteiger partial charge in [-0.2, -0.15) is 0 Å². The van der Waals surface area contributed by atoms with E-state index in [0.29, 0.717) is 43.2 Å². The predicted octanol–water partition coefficient (Wildman–Crippen LogP) is 0.571. The summed E-state index contributed by atoms with van der Waals surface area (Å²) in [5, 5.41) is 18.0. The minimum atomic E-state index is -0.0163. The number of hydrogen-bond acceptors (Lipinski definition) is 9. The minimum Gasteiger partial charge on any atom is -0.493 e. The Labute approximate surface area is 194 Å². The molecule has 0 spiro atoms. The summed E-state index contributed by atoms with van der Waals surface area (Å²) >= 11 is 0. The van der Waals surface area contributed by atoms with Gasteiger partial charge in [-0.3, -0.25) is 9.69 Å². The molecule has 0 unspecified atom stereocenters. The van der Waals surface area contributed by atoms with Crippen LogP contribution in [0, 0.1) is 0 Å². The molecular weight excluding hydrogens is 424 g/mol. The highest BCUT2D eigenvalue weighted by atomic mass is 16.5. The first-order valence-corrected chi connectivity index (χ1v) is 11.3. The number of methoxy groups -OCH3 is 2. The van der Waals surface area contributed by atoms with E-state index in [1.165, 1.54) is 0 Å². The van der Waals surface area contributed by atoms with Crippen molar-refractivity contribution < 1.29 is 19.4 Å². The van der Waals surface area contributed by atoms with Crippen molar-refractivity contribution in [3.8, 4) is 11.5 Å². The zero-order valence-electron chi connectivity index (χ0n) is 19.3. The second-order valence-electron chi connectivity index (χ2n) is 8.15. The van der Waals surface area contributed by atoms with E-state index in [9.17, 15) is 4.79 Å². The molecule has 178 valence electrons. The van der Waals surface area contributed by atoms with Gasteiger partial charge in [-0.25, -0.2) is 0 Å². The van der Waals surface area contributed by atoms with E-state index in [1.54, 1.807) is 32.4 Å². The number of rotatable bonds is 7. The van der Waals surface area contributed by atoms with Crippen LogP contribution in [0.1, 0.15) is 10.4 Å². The monoisotopic (exact) mass is 456 g/mol. The third kappa shape index (κ3) is 5.28. The van der Waals surface area contributed by atoms with Crippen LogP contribution in [0.5, 0.6) is 11.5 Å². The van der Waals surface area contributed by atoms with Crippen LogP contribution in [-0.2, 0) is 0 Å². The van der Waals surface area contributed by atoms with E-state index in [0.717, 1.165) is 44.4 Å². The van der Waals surface area contributed by atoms with Crippen LogP contribution in [0.4, 0.5) is 11.6 Å². The van der Waals surface area contributed by atoms with E-state index in [1.807, 2.05) is 17.0 Å². The summed E-state index contributed by atoms with van der Waals surface area (Å²) in [7, 11) is 3.14. The number of carbonyl (C=O) groups is 1. The number of anilines is 2. The van der Waals surface area contributed by atoms with Crippen molar-refractivity contribution in [1.82, 2.24) is 20.0 Å². The van der Waals surface area contributed by atoms with E-state index in [4.69, 9.17) is 14.6 Å². The minimum absolute atomic E-state index is 0.0163. The molecule has 0 atom stereocenters. The van der Waals surface area contributed by atoms with Crippen molar-refractivity contribution >= 4 is 17.5 Å². The highest BCUT2D eigenvalue weighted by molar-refractivity contribution is 5.95. The first-order valence-electron chi connectivity index (χ1n) is 11.3. The molecule has 0 aliphatic carbocycles. The Balaban J connectivity index is 1.31. The molecule has 10 nitrogen and oxygen atoms in total. The summed E-state index contributed by atoms with van der Waals surface area (Å²) in [5.74, 6) is 2.85. The average Bonchev–Trinajstić information content (AvgIpc) is 2.88. The molecule has 0 saturated carbocycles. The summed E-state index contributed by atoms with van der Waals surface area (Å²) < 4.78 is 10.6. The van der Waals surface area contributed by atoms with Crippen LogP contribution < -0.4 is 19.3 Å². The van der Waals surface area contributed by atoms with Gasteiger partial charge in [-0.15, -0.1) is 10.2 Å². The fraction of sp³-hybridized carbons (Fsp3) is 0.522. The Morgan fingerprint density at radius 1 is 0.848 bits per heavy atom. The van der Waals surface area contributed by atoms with Gasteiger partial charge in [-0.1, -0.05) is 0 Å². The molecule has 2 fully saturated rings. The number of aromatic nitrogens is 2. The standard InChI is InChI=1S/C23H32N6O4/c1-32-19-4-3-18(17-20(19)33-2)23(31)29-13-11-28(12-14-29)22-6-5-21(24-25-22)27-9-7-26(8-10-27)15-16-30/h3-6,17,30H,7-16H2,1-2H3. The quantitative estimate of drug-likeness (QED) is 0.642. The molecule has 4 rings (SSSR count). The summed E-state index contributed by atoms with van der Waals surface area (Å²) in [4.78, 5) is 21.4. The average molecular weight is 457 g/mol. The Morgan fingerprint density at radius 3 is 1.94 bits per heavy atom. The van der Waals surface area contributed by atoms with Crippen molar-refractivity contribution in [1.29, 1.82) is 0 Å². The number of hydrogen-bond donors (Lipinski definition) is 1. The van der Waals surface area contributed by atoms with Gasteiger partial charge in [0.2, 0.25) is 0 Å². The molecule has 33 heavy (non-hydrogen) atoms. The molecular formula is C23H32N6O4. The number of nitrogens with zero attached hydrogens (tertiary/aromatic N) is 6. The maximum atomic E-state index is 13.0. The lowest BCUT2D eigenvalue weighted by Gasteiger charge is -2.36. The fourth-order valence-corrected chi connectivity index (χ4v) is 4.29. The topological polar surface area (TPSA) is 94.5 Å². The van der Waals surface area contributed by atoms with E-state index >= 15 is 0 Å². The van der Waals surface area contributed by atoms with Gasteiger partial charge in [-0.05, 0) is 30.3 Å². The number of benzene rings is 1. The molecule has 2 aromatic rings. The third-order valence-electron chi connectivity index (χ3n) is 6.27. The zero-order valence-corrected chi connectivity index (χ0v) is 19.3. The maximum absolute atomic E-state index is 13.0. The third-order valence-corrected chi connectivity index (χ3v) is 6.27. The van der Waals surface area contributed by atoms with Crippen molar-refractivity contribution in [3.63, 3.8) is 0 Å². The molecule has 10 heteroatoms. The number of aliphatic hydroxyl groups excluding tert-OH is 1. The van der Waals surface area contributed by atoms with Gasteiger partial charge < -0.3 is 29.3 Å².